The Balaban J connectivity index is 2.21. The van der Waals surface area contributed by atoms with Crippen LogP contribution < -0.4 is 10.6 Å². The average molecular weight is 285 g/mol. The van der Waals surface area contributed by atoms with Gasteiger partial charge >= 0.3 is 18.0 Å². The Morgan fingerprint density at radius 1 is 1.40 bits per heavy atom. The van der Waals surface area contributed by atoms with Gasteiger partial charge in [0.15, 0.2) is 5.69 Å². The van der Waals surface area contributed by atoms with Crippen molar-refractivity contribution < 1.29 is 24.2 Å². The molecule has 0 aliphatic carbocycles. The number of carbonyl (C=O) groups is 3. The number of carbonyl (C=O) groups excluding carboxylic acids is 2. The molecule has 0 radical (unpaired) electrons. The van der Waals surface area contributed by atoms with E-state index in [1.165, 1.54) is 10.9 Å². The van der Waals surface area contributed by atoms with Crippen LogP contribution in [-0.4, -0.2) is 57.8 Å². The summed E-state index contributed by atoms with van der Waals surface area (Å²) in [6.07, 6.45) is 1.25. The SMILES string of the molecule is CCOC(=O)CNC(=O)NCCn1cc(C(=O)O)nn1. The number of urea groups is 1. The van der Waals surface area contributed by atoms with Gasteiger partial charge in [-0.15, -0.1) is 5.10 Å². The normalized spacial score (nSPS) is 9.85. The molecule has 10 heteroatoms. The van der Waals surface area contributed by atoms with E-state index in [1.54, 1.807) is 6.92 Å². The van der Waals surface area contributed by atoms with Crippen molar-refractivity contribution in [3.8, 4) is 0 Å². The fourth-order valence-corrected chi connectivity index (χ4v) is 1.22. The molecule has 20 heavy (non-hydrogen) atoms. The van der Waals surface area contributed by atoms with Gasteiger partial charge in [-0.25, -0.2) is 14.3 Å². The lowest BCUT2D eigenvalue weighted by Gasteiger charge is -2.06. The molecule has 2 amide bonds. The van der Waals surface area contributed by atoms with Gasteiger partial charge in [0.2, 0.25) is 0 Å². The van der Waals surface area contributed by atoms with Crippen LogP contribution in [0.3, 0.4) is 0 Å². The van der Waals surface area contributed by atoms with E-state index in [0.29, 0.717) is 0 Å². The number of aromatic nitrogens is 3. The predicted molar refractivity (Wildman–Crippen MR) is 65.0 cm³/mol. The summed E-state index contributed by atoms with van der Waals surface area (Å²) in [6.45, 7) is 2.16. The van der Waals surface area contributed by atoms with Crippen molar-refractivity contribution in [3.63, 3.8) is 0 Å². The number of aromatic carboxylic acids is 1. The second-order valence-electron chi connectivity index (χ2n) is 3.59. The topological polar surface area (TPSA) is 135 Å². The molecule has 0 unspecified atom stereocenters. The van der Waals surface area contributed by atoms with Gasteiger partial charge in [0.25, 0.3) is 0 Å². The number of carboxylic acid groups (broad SMARTS) is 1. The first-order valence-electron chi connectivity index (χ1n) is 5.83. The molecule has 1 aromatic heterocycles. The van der Waals surface area contributed by atoms with Crippen LogP contribution in [0.15, 0.2) is 6.20 Å². The maximum Gasteiger partial charge on any atom is 0.358 e. The smallest absolute Gasteiger partial charge is 0.358 e. The number of nitrogens with zero attached hydrogens (tertiary/aromatic N) is 3. The molecule has 0 aliphatic rings. The molecule has 1 aromatic rings. The molecule has 0 aromatic carbocycles. The highest BCUT2D eigenvalue weighted by atomic mass is 16.5. The summed E-state index contributed by atoms with van der Waals surface area (Å²) in [4.78, 5) is 32.8. The van der Waals surface area contributed by atoms with Crippen LogP contribution in [0.2, 0.25) is 0 Å². The second kappa shape index (κ2) is 7.71. The summed E-state index contributed by atoms with van der Waals surface area (Å²) in [6, 6.07) is -0.531. The van der Waals surface area contributed by atoms with Crippen molar-refractivity contribution in [1.82, 2.24) is 25.6 Å². The zero-order valence-corrected chi connectivity index (χ0v) is 10.8. The molecule has 1 rings (SSSR count). The minimum absolute atomic E-state index is 0.170. The zero-order valence-electron chi connectivity index (χ0n) is 10.8. The third kappa shape index (κ3) is 5.33. The standard InChI is InChI=1S/C10H15N5O5/c1-2-20-8(16)5-12-10(19)11-3-4-15-6-7(9(17)18)13-14-15/h6H,2-5H2,1H3,(H,17,18)(H2,11,12,19). The minimum atomic E-state index is -1.17. The highest BCUT2D eigenvalue weighted by Crippen LogP contribution is 1.91. The van der Waals surface area contributed by atoms with E-state index >= 15 is 0 Å². The van der Waals surface area contributed by atoms with Crippen LogP contribution in [0.25, 0.3) is 0 Å². The number of nitrogens with one attached hydrogen (secondary N) is 2. The lowest BCUT2D eigenvalue weighted by Crippen LogP contribution is -2.40. The van der Waals surface area contributed by atoms with Gasteiger partial charge in [-0.2, -0.15) is 0 Å². The van der Waals surface area contributed by atoms with E-state index in [9.17, 15) is 14.4 Å². The Kier molecular flexibility index (Phi) is 5.94. The van der Waals surface area contributed by atoms with Gasteiger partial charge in [-0.05, 0) is 6.92 Å². The van der Waals surface area contributed by atoms with Crippen LogP contribution >= 0.6 is 0 Å². The van der Waals surface area contributed by atoms with E-state index < -0.39 is 18.0 Å². The van der Waals surface area contributed by atoms with Gasteiger partial charge in [-0.1, -0.05) is 5.21 Å². The molecule has 110 valence electrons. The zero-order chi connectivity index (χ0) is 15.0. The third-order valence-electron chi connectivity index (χ3n) is 2.08. The maximum atomic E-state index is 11.3. The number of rotatable bonds is 7. The molecule has 0 spiro atoms. The van der Waals surface area contributed by atoms with Crippen LogP contribution in [-0.2, 0) is 16.1 Å². The van der Waals surface area contributed by atoms with Crippen LogP contribution in [0.4, 0.5) is 4.79 Å². The van der Waals surface area contributed by atoms with Gasteiger partial charge in [0, 0.05) is 6.54 Å². The fraction of sp³-hybridized carbons (Fsp3) is 0.500. The molecule has 0 atom stereocenters. The van der Waals surface area contributed by atoms with Gasteiger partial charge < -0.3 is 20.5 Å². The number of hydrogen-bond acceptors (Lipinski definition) is 6. The molecule has 10 nitrogen and oxygen atoms in total. The van der Waals surface area contributed by atoms with Crippen LogP contribution in [0, 0.1) is 0 Å². The van der Waals surface area contributed by atoms with Crippen molar-refractivity contribution >= 4 is 18.0 Å². The highest BCUT2D eigenvalue weighted by Gasteiger charge is 2.08. The summed E-state index contributed by atoms with van der Waals surface area (Å²) in [5.74, 6) is -1.69. The Labute approximate surface area is 114 Å². The number of amides is 2. The Morgan fingerprint density at radius 2 is 2.15 bits per heavy atom. The Hall–Kier alpha value is -2.65. The number of carboxylic acids is 1. The van der Waals surface area contributed by atoms with E-state index in [1.807, 2.05) is 0 Å². The van der Waals surface area contributed by atoms with E-state index in [4.69, 9.17) is 5.11 Å². The molecule has 0 bridgehead atoms. The maximum absolute atomic E-state index is 11.3. The molecule has 0 saturated carbocycles. The summed E-state index contributed by atoms with van der Waals surface area (Å²) in [7, 11) is 0. The molecule has 0 aliphatic heterocycles. The van der Waals surface area contributed by atoms with Crippen LogP contribution in [0.1, 0.15) is 17.4 Å². The lowest BCUT2D eigenvalue weighted by atomic mass is 10.5. The van der Waals surface area contributed by atoms with E-state index in [0.717, 1.165) is 0 Å². The van der Waals surface area contributed by atoms with Gasteiger partial charge in [0.05, 0.1) is 19.3 Å². The largest absolute Gasteiger partial charge is 0.476 e. The van der Waals surface area contributed by atoms with Crippen molar-refractivity contribution in [2.24, 2.45) is 0 Å². The van der Waals surface area contributed by atoms with E-state index in [-0.39, 0.29) is 31.9 Å². The Bertz CT molecular complexity index is 486. The van der Waals surface area contributed by atoms with Crippen molar-refractivity contribution in [2.45, 2.75) is 13.5 Å². The molecular formula is C10H15N5O5. The van der Waals surface area contributed by atoms with Gasteiger partial charge in [-0.3, -0.25) is 4.79 Å². The summed E-state index contributed by atoms with van der Waals surface area (Å²) >= 11 is 0. The van der Waals surface area contributed by atoms with Crippen LogP contribution in [0.5, 0.6) is 0 Å². The van der Waals surface area contributed by atoms with Crippen molar-refractivity contribution in [3.05, 3.63) is 11.9 Å². The molecular weight excluding hydrogens is 270 g/mol. The van der Waals surface area contributed by atoms with Crippen molar-refractivity contribution in [1.29, 1.82) is 0 Å². The summed E-state index contributed by atoms with van der Waals surface area (Å²) < 4.78 is 5.92. The molecule has 0 saturated heterocycles. The number of esters is 1. The number of hydrogen-bond donors (Lipinski definition) is 3. The predicted octanol–water partition coefficient (Wildman–Crippen LogP) is -1.16. The fourth-order valence-electron chi connectivity index (χ4n) is 1.22. The monoisotopic (exact) mass is 285 g/mol. The van der Waals surface area contributed by atoms with E-state index in [2.05, 4.69) is 25.7 Å². The average Bonchev–Trinajstić information content (AvgIpc) is 2.86. The molecule has 3 N–H and O–H groups in total. The first-order valence-corrected chi connectivity index (χ1v) is 5.83. The summed E-state index contributed by atoms with van der Waals surface area (Å²) in [5.41, 5.74) is -0.170. The molecule has 1 heterocycles. The highest BCUT2D eigenvalue weighted by molar-refractivity contribution is 5.84. The quantitative estimate of drug-likeness (QED) is 0.537. The van der Waals surface area contributed by atoms with Crippen molar-refractivity contribution in [2.75, 3.05) is 19.7 Å². The molecule has 0 fully saturated rings. The second-order valence-corrected chi connectivity index (χ2v) is 3.59. The van der Waals surface area contributed by atoms with Gasteiger partial charge in [0.1, 0.15) is 6.54 Å². The first kappa shape index (κ1) is 15.4. The minimum Gasteiger partial charge on any atom is -0.476 e. The lowest BCUT2D eigenvalue weighted by molar-refractivity contribution is -0.141. The first-order chi connectivity index (χ1) is 9.52. The number of ether oxygens (including phenoxy) is 1. The Morgan fingerprint density at radius 3 is 2.75 bits per heavy atom. The third-order valence-corrected chi connectivity index (χ3v) is 2.08. The summed E-state index contributed by atoms with van der Waals surface area (Å²) in [5, 5.41) is 20.4.